The summed E-state index contributed by atoms with van der Waals surface area (Å²) in [5, 5.41) is 6.06. The number of nitrogens with one attached hydrogen (secondary N) is 2. The molecular weight excluding hydrogens is 478 g/mol. The van der Waals surface area contributed by atoms with E-state index in [1.54, 1.807) is 30.1 Å². The third kappa shape index (κ3) is 5.75. The minimum Gasteiger partial charge on any atom is -0.335 e. The van der Waals surface area contributed by atoms with Crippen LogP contribution in [0.3, 0.4) is 0 Å². The molecule has 0 saturated carbocycles. The van der Waals surface area contributed by atoms with Gasteiger partial charge in [0.2, 0.25) is 0 Å². The van der Waals surface area contributed by atoms with E-state index in [0.29, 0.717) is 29.2 Å². The van der Waals surface area contributed by atoms with E-state index in [0.717, 1.165) is 36.0 Å². The van der Waals surface area contributed by atoms with Crippen LogP contribution >= 0.6 is 0 Å². The molecule has 2 heterocycles. The molecule has 0 bridgehead atoms. The molecule has 0 saturated heterocycles. The zero-order valence-corrected chi connectivity index (χ0v) is 22.2. The monoisotopic (exact) mass is 511 g/mol. The molecule has 196 valence electrons. The first-order valence-electron chi connectivity index (χ1n) is 12.9. The van der Waals surface area contributed by atoms with Crippen molar-refractivity contribution in [2.75, 3.05) is 10.6 Å². The summed E-state index contributed by atoms with van der Waals surface area (Å²) in [6.07, 6.45) is 6.27. The van der Waals surface area contributed by atoms with Gasteiger partial charge in [-0.25, -0.2) is 4.98 Å². The summed E-state index contributed by atoms with van der Waals surface area (Å²) in [6.45, 7) is 6.50. The van der Waals surface area contributed by atoms with Crippen molar-refractivity contribution in [3.8, 4) is 11.3 Å². The minimum absolute atomic E-state index is 0.109. The highest BCUT2D eigenvalue weighted by atomic mass is 16.2. The van der Waals surface area contributed by atoms with E-state index in [4.69, 9.17) is 0 Å². The highest BCUT2D eigenvalue weighted by Crippen LogP contribution is 2.28. The van der Waals surface area contributed by atoms with Crippen LogP contribution in [0.4, 0.5) is 17.2 Å². The van der Waals surface area contributed by atoms with Gasteiger partial charge in [-0.15, -0.1) is 0 Å². The molecule has 4 rings (SSSR count). The van der Waals surface area contributed by atoms with E-state index in [1.807, 2.05) is 56.3 Å². The highest BCUT2D eigenvalue weighted by Gasteiger charge is 2.16. The van der Waals surface area contributed by atoms with Crippen molar-refractivity contribution in [3.63, 3.8) is 0 Å². The van der Waals surface area contributed by atoms with E-state index < -0.39 is 0 Å². The van der Waals surface area contributed by atoms with Crippen LogP contribution in [0.15, 0.2) is 76.6 Å². The molecule has 8 heteroatoms. The van der Waals surface area contributed by atoms with Crippen molar-refractivity contribution >= 4 is 23.1 Å². The van der Waals surface area contributed by atoms with Crippen LogP contribution < -0.4 is 21.8 Å². The molecular formula is C30H33N5O3. The summed E-state index contributed by atoms with van der Waals surface area (Å²) in [4.78, 5) is 42.9. The minimum atomic E-state index is -0.320. The molecule has 38 heavy (non-hydrogen) atoms. The molecule has 8 nitrogen and oxygen atoms in total. The van der Waals surface area contributed by atoms with E-state index in [-0.39, 0.29) is 22.8 Å². The second-order valence-electron chi connectivity index (χ2n) is 9.25. The van der Waals surface area contributed by atoms with Crippen molar-refractivity contribution in [2.45, 2.75) is 46.6 Å². The topological polar surface area (TPSA) is 98.0 Å². The first-order chi connectivity index (χ1) is 18.3. The van der Waals surface area contributed by atoms with Gasteiger partial charge in [-0.2, -0.15) is 0 Å². The lowest BCUT2D eigenvalue weighted by Gasteiger charge is -2.15. The Bertz CT molecular complexity index is 1590. The third-order valence-electron chi connectivity index (χ3n) is 6.59. The zero-order valence-electron chi connectivity index (χ0n) is 22.2. The predicted octanol–water partition coefficient (Wildman–Crippen LogP) is 5.28. The van der Waals surface area contributed by atoms with Crippen molar-refractivity contribution in [1.29, 1.82) is 0 Å². The fourth-order valence-electron chi connectivity index (χ4n) is 4.37. The summed E-state index contributed by atoms with van der Waals surface area (Å²) in [5.74, 6) is -0.0492. The Morgan fingerprint density at radius 3 is 2.55 bits per heavy atom. The molecule has 0 aliphatic carbocycles. The van der Waals surface area contributed by atoms with Gasteiger partial charge in [-0.05, 0) is 56.0 Å². The maximum atomic E-state index is 13.2. The number of carbonyl (C=O) groups excluding carboxylic acids is 1. The fourth-order valence-corrected chi connectivity index (χ4v) is 4.37. The molecule has 0 unspecified atom stereocenters. The first-order valence-corrected chi connectivity index (χ1v) is 12.9. The van der Waals surface area contributed by atoms with Gasteiger partial charge < -0.3 is 19.8 Å². The summed E-state index contributed by atoms with van der Waals surface area (Å²) < 4.78 is 3.02. The summed E-state index contributed by atoms with van der Waals surface area (Å²) in [6, 6.07) is 16.5. The van der Waals surface area contributed by atoms with E-state index >= 15 is 0 Å². The number of hydrogen-bond donors (Lipinski definition) is 2. The van der Waals surface area contributed by atoms with E-state index in [9.17, 15) is 14.4 Å². The molecule has 1 amide bonds. The predicted molar refractivity (Wildman–Crippen MR) is 152 cm³/mol. The van der Waals surface area contributed by atoms with Crippen LogP contribution in [0.2, 0.25) is 0 Å². The summed E-state index contributed by atoms with van der Waals surface area (Å²) >= 11 is 0. The number of amides is 1. The number of nitrogens with zero attached hydrogens (tertiary/aromatic N) is 3. The number of rotatable bonds is 9. The second-order valence-corrected chi connectivity index (χ2v) is 9.25. The standard InChI is InChI=1S/C30H33N5O3/c1-5-7-11-21-12-8-9-13-24(21)29(37)33-25-15-10-14-23(20(25)3)26-19-34(4)30(38)28(32-26)31-22-16-17-35(6-2)27(36)18-22/h8-10,12-19H,5-7,11H2,1-4H3,(H,31,32)(H,33,37). The summed E-state index contributed by atoms with van der Waals surface area (Å²) in [5.41, 5.74) is 4.54. The Balaban J connectivity index is 1.65. The molecule has 2 N–H and O–H groups in total. The molecule has 0 spiro atoms. The van der Waals surface area contributed by atoms with Crippen molar-refractivity contribution in [3.05, 3.63) is 104 Å². The number of hydrogen-bond acceptors (Lipinski definition) is 5. The van der Waals surface area contributed by atoms with E-state index in [2.05, 4.69) is 22.5 Å². The van der Waals surface area contributed by atoms with Gasteiger partial charge in [0.05, 0.1) is 5.69 Å². The van der Waals surface area contributed by atoms with Crippen LogP contribution in [0.25, 0.3) is 11.3 Å². The Kier molecular flexibility index (Phi) is 8.21. The van der Waals surface area contributed by atoms with Crippen LogP contribution in [-0.2, 0) is 20.0 Å². The average Bonchev–Trinajstić information content (AvgIpc) is 2.91. The number of unbranched alkanes of at least 4 members (excludes halogenated alkanes) is 1. The molecule has 2 aromatic carbocycles. The fraction of sp³-hybridized carbons (Fsp3) is 0.267. The Morgan fingerprint density at radius 2 is 1.82 bits per heavy atom. The van der Waals surface area contributed by atoms with Crippen molar-refractivity contribution < 1.29 is 4.79 Å². The van der Waals surface area contributed by atoms with Crippen LogP contribution in [0.1, 0.15) is 48.2 Å². The number of pyridine rings is 1. The maximum Gasteiger partial charge on any atom is 0.293 e. The molecule has 0 aliphatic rings. The van der Waals surface area contributed by atoms with Gasteiger partial charge in [0.15, 0.2) is 5.82 Å². The lowest BCUT2D eigenvalue weighted by Crippen LogP contribution is -2.23. The summed E-state index contributed by atoms with van der Waals surface area (Å²) in [7, 11) is 1.65. The van der Waals surface area contributed by atoms with Gasteiger partial charge >= 0.3 is 0 Å². The SMILES string of the molecule is CCCCc1ccccc1C(=O)Nc1cccc(-c2cn(C)c(=O)c(Nc3ccn(CC)c(=O)c3)n2)c1C. The Hall–Kier alpha value is -4.46. The average molecular weight is 512 g/mol. The Morgan fingerprint density at radius 1 is 1.03 bits per heavy atom. The van der Waals surface area contributed by atoms with Gasteiger partial charge in [-0.1, -0.05) is 43.7 Å². The number of anilines is 3. The molecule has 4 aromatic rings. The van der Waals surface area contributed by atoms with Crippen LogP contribution in [0, 0.1) is 6.92 Å². The lowest BCUT2D eigenvalue weighted by atomic mass is 10.0. The Labute approximate surface area is 222 Å². The molecule has 0 radical (unpaired) electrons. The zero-order chi connectivity index (χ0) is 27.2. The third-order valence-corrected chi connectivity index (χ3v) is 6.59. The number of carbonyl (C=O) groups is 1. The first kappa shape index (κ1) is 26.6. The van der Waals surface area contributed by atoms with Crippen LogP contribution in [-0.4, -0.2) is 20.0 Å². The van der Waals surface area contributed by atoms with Gasteiger partial charge in [-0.3, -0.25) is 14.4 Å². The number of aryl methyl sites for hydroxylation is 3. The highest BCUT2D eigenvalue weighted by molar-refractivity contribution is 6.06. The maximum absolute atomic E-state index is 13.2. The smallest absolute Gasteiger partial charge is 0.293 e. The normalized spacial score (nSPS) is 10.8. The second kappa shape index (κ2) is 11.7. The van der Waals surface area contributed by atoms with E-state index in [1.165, 1.54) is 10.6 Å². The molecule has 0 fully saturated rings. The van der Waals surface area contributed by atoms with Gasteiger partial charge in [0.1, 0.15) is 0 Å². The number of benzene rings is 2. The lowest BCUT2D eigenvalue weighted by molar-refractivity contribution is 0.102. The van der Waals surface area contributed by atoms with Gasteiger partial charge in [0, 0.05) is 54.6 Å². The molecule has 0 atom stereocenters. The molecule has 2 aromatic heterocycles. The van der Waals surface area contributed by atoms with Gasteiger partial charge in [0.25, 0.3) is 17.0 Å². The molecule has 0 aliphatic heterocycles. The van der Waals surface area contributed by atoms with Crippen molar-refractivity contribution in [1.82, 2.24) is 14.1 Å². The largest absolute Gasteiger partial charge is 0.335 e. The number of aromatic nitrogens is 3. The van der Waals surface area contributed by atoms with Crippen molar-refractivity contribution in [2.24, 2.45) is 7.05 Å². The quantitative estimate of drug-likeness (QED) is 0.319. The van der Waals surface area contributed by atoms with Crippen LogP contribution in [0.5, 0.6) is 0 Å².